The molecule has 0 aromatic rings. The van der Waals surface area contributed by atoms with Gasteiger partial charge in [0.25, 0.3) is 0 Å². The highest BCUT2D eigenvalue weighted by molar-refractivity contribution is 5.87. The number of likely N-dealkylation sites (tertiary alicyclic amines) is 2. The molecule has 0 aromatic heterocycles. The first-order chi connectivity index (χ1) is 13.3. The highest BCUT2D eigenvalue weighted by atomic mass is 16.6. The van der Waals surface area contributed by atoms with Crippen LogP contribution in [0.4, 0.5) is 4.79 Å². The van der Waals surface area contributed by atoms with Crippen molar-refractivity contribution in [1.82, 2.24) is 9.80 Å². The van der Waals surface area contributed by atoms with Crippen molar-refractivity contribution in [2.24, 2.45) is 5.92 Å². The van der Waals surface area contributed by atoms with E-state index in [1.54, 1.807) is 46.4 Å². The fraction of sp³-hybridized carbons (Fsp3) is 0.810. The van der Waals surface area contributed by atoms with E-state index in [9.17, 15) is 19.6 Å². The molecule has 2 saturated heterocycles. The predicted octanol–water partition coefficient (Wildman–Crippen LogP) is 2.86. The highest BCUT2D eigenvalue weighted by Crippen LogP contribution is 2.31. The molecule has 0 aromatic carbocycles. The Morgan fingerprint density at radius 2 is 1.66 bits per heavy atom. The van der Waals surface area contributed by atoms with Gasteiger partial charge in [0, 0.05) is 13.1 Å². The summed E-state index contributed by atoms with van der Waals surface area (Å²) in [6, 6.07) is 0.971. The number of nitriles is 1. The van der Waals surface area contributed by atoms with Gasteiger partial charge in [0.1, 0.15) is 23.3 Å². The second-order valence-electron chi connectivity index (χ2n) is 9.86. The summed E-state index contributed by atoms with van der Waals surface area (Å²) in [5, 5.41) is 9.32. The van der Waals surface area contributed by atoms with Gasteiger partial charge in [-0.05, 0) is 66.7 Å². The molecule has 29 heavy (non-hydrogen) atoms. The summed E-state index contributed by atoms with van der Waals surface area (Å²) in [4.78, 5) is 41.1. The first kappa shape index (κ1) is 23.0. The first-order valence-electron chi connectivity index (χ1n) is 10.2. The molecule has 0 aliphatic carbocycles. The number of amides is 2. The molecule has 0 N–H and O–H groups in total. The molecule has 2 fully saturated rings. The SMILES string of the molecule is CC(C)(C)OC(=O)C[C@H]1C[C@@H](C(=O)N2CCC[C@H]2C#N)N(C(=O)OC(C)(C)C)C1. The summed E-state index contributed by atoms with van der Waals surface area (Å²) in [5.41, 5.74) is -1.29. The van der Waals surface area contributed by atoms with Crippen molar-refractivity contribution in [1.29, 1.82) is 5.26 Å². The van der Waals surface area contributed by atoms with Crippen LogP contribution in [0.1, 0.15) is 67.2 Å². The van der Waals surface area contributed by atoms with Gasteiger partial charge in [-0.2, -0.15) is 5.26 Å². The van der Waals surface area contributed by atoms with Crippen LogP contribution in [-0.4, -0.2) is 64.1 Å². The Labute approximate surface area is 173 Å². The zero-order chi connectivity index (χ0) is 22.0. The van der Waals surface area contributed by atoms with Crippen LogP contribution < -0.4 is 0 Å². The standard InChI is InChI=1S/C21H33N3O5/c1-20(2,3)28-17(25)11-14-10-16(18(26)23-9-7-8-15(23)12-22)24(13-14)19(27)29-21(4,5)6/h14-16H,7-11,13H2,1-6H3/t14-,15+,16+/m1/s1. The number of carbonyl (C=O) groups excluding carboxylic acids is 3. The molecule has 0 radical (unpaired) electrons. The van der Waals surface area contributed by atoms with Gasteiger partial charge in [-0.25, -0.2) is 4.79 Å². The summed E-state index contributed by atoms with van der Waals surface area (Å²) >= 11 is 0. The number of carbonyl (C=O) groups is 3. The van der Waals surface area contributed by atoms with Gasteiger partial charge in [-0.1, -0.05) is 0 Å². The average Bonchev–Trinajstić information content (AvgIpc) is 3.17. The quantitative estimate of drug-likeness (QED) is 0.667. The van der Waals surface area contributed by atoms with Gasteiger partial charge in [-0.3, -0.25) is 14.5 Å². The van der Waals surface area contributed by atoms with Crippen molar-refractivity contribution in [2.45, 2.75) is 90.5 Å². The molecule has 0 bridgehead atoms. The lowest BCUT2D eigenvalue weighted by atomic mass is 10.0. The topological polar surface area (TPSA) is 99.9 Å². The third kappa shape index (κ3) is 6.34. The molecule has 0 spiro atoms. The monoisotopic (exact) mass is 407 g/mol. The van der Waals surface area contributed by atoms with Crippen LogP contribution in [0.2, 0.25) is 0 Å². The van der Waals surface area contributed by atoms with Crippen molar-refractivity contribution >= 4 is 18.0 Å². The fourth-order valence-electron chi connectivity index (χ4n) is 3.80. The molecule has 2 aliphatic heterocycles. The lowest BCUT2D eigenvalue weighted by Crippen LogP contribution is -2.50. The second kappa shape index (κ2) is 8.60. The maximum atomic E-state index is 13.2. The number of rotatable bonds is 3. The third-order valence-corrected chi connectivity index (χ3v) is 4.86. The number of ether oxygens (including phenoxy) is 2. The summed E-state index contributed by atoms with van der Waals surface area (Å²) in [6.07, 6.45) is 1.32. The molecule has 2 rings (SSSR count). The normalized spacial score (nSPS) is 24.9. The van der Waals surface area contributed by atoms with Crippen molar-refractivity contribution < 1.29 is 23.9 Å². The highest BCUT2D eigenvalue weighted by Gasteiger charge is 2.45. The van der Waals surface area contributed by atoms with E-state index >= 15 is 0 Å². The van der Waals surface area contributed by atoms with E-state index in [2.05, 4.69) is 6.07 Å². The Kier molecular flexibility index (Phi) is 6.82. The predicted molar refractivity (Wildman–Crippen MR) is 106 cm³/mol. The van der Waals surface area contributed by atoms with Crippen LogP contribution in [0.15, 0.2) is 0 Å². The largest absolute Gasteiger partial charge is 0.460 e. The zero-order valence-corrected chi connectivity index (χ0v) is 18.4. The Balaban J connectivity index is 2.16. The van der Waals surface area contributed by atoms with Crippen molar-refractivity contribution in [3.05, 3.63) is 0 Å². The van der Waals surface area contributed by atoms with E-state index in [0.29, 0.717) is 19.4 Å². The summed E-state index contributed by atoms with van der Waals surface area (Å²) in [6.45, 7) is 11.4. The minimum absolute atomic E-state index is 0.127. The molecular weight excluding hydrogens is 374 g/mol. The van der Waals surface area contributed by atoms with Gasteiger partial charge in [0.15, 0.2) is 0 Å². The maximum absolute atomic E-state index is 13.2. The van der Waals surface area contributed by atoms with E-state index in [-0.39, 0.29) is 30.8 Å². The lowest BCUT2D eigenvalue weighted by molar-refractivity contribution is -0.156. The Bertz CT molecular complexity index is 686. The van der Waals surface area contributed by atoms with Crippen LogP contribution in [0.5, 0.6) is 0 Å². The van der Waals surface area contributed by atoms with Crippen molar-refractivity contribution in [2.75, 3.05) is 13.1 Å². The summed E-state index contributed by atoms with van der Waals surface area (Å²) in [7, 11) is 0. The summed E-state index contributed by atoms with van der Waals surface area (Å²) in [5.74, 6) is -0.795. The second-order valence-corrected chi connectivity index (χ2v) is 9.86. The van der Waals surface area contributed by atoms with E-state index in [1.807, 2.05) is 0 Å². The molecular formula is C21H33N3O5. The van der Waals surface area contributed by atoms with Crippen LogP contribution in [-0.2, 0) is 19.1 Å². The van der Waals surface area contributed by atoms with Crippen molar-refractivity contribution in [3.8, 4) is 6.07 Å². The lowest BCUT2D eigenvalue weighted by Gasteiger charge is -2.31. The van der Waals surface area contributed by atoms with Crippen LogP contribution in [0.25, 0.3) is 0 Å². The number of hydrogen-bond acceptors (Lipinski definition) is 6. The molecule has 2 amide bonds. The Morgan fingerprint density at radius 3 is 2.21 bits per heavy atom. The van der Waals surface area contributed by atoms with Gasteiger partial charge in [0.05, 0.1) is 12.5 Å². The van der Waals surface area contributed by atoms with Gasteiger partial charge in [0.2, 0.25) is 5.91 Å². The number of nitrogens with zero attached hydrogens (tertiary/aromatic N) is 3. The molecule has 8 nitrogen and oxygen atoms in total. The minimum Gasteiger partial charge on any atom is -0.460 e. The van der Waals surface area contributed by atoms with Crippen LogP contribution in [0, 0.1) is 17.2 Å². The van der Waals surface area contributed by atoms with E-state index in [1.165, 1.54) is 4.90 Å². The van der Waals surface area contributed by atoms with Crippen LogP contribution >= 0.6 is 0 Å². The Morgan fingerprint density at radius 1 is 1.03 bits per heavy atom. The molecule has 3 atom stereocenters. The average molecular weight is 408 g/mol. The molecule has 0 saturated carbocycles. The molecule has 8 heteroatoms. The molecule has 2 aliphatic rings. The van der Waals surface area contributed by atoms with Gasteiger partial charge in [-0.15, -0.1) is 0 Å². The third-order valence-electron chi connectivity index (χ3n) is 4.86. The molecule has 0 unspecified atom stereocenters. The molecule has 2 heterocycles. The fourth-order valence-corrected chi connectivity index (χ4v) is 3.80. The van der Waals surface area contributed by atoms with E-state index < -0.39 is 29.4 Å². The van der Waals surface area contributed by atoms with E-state index in [4.69, 9.17) is 9.47 Å². The van der Waals surface area contributed by atoms with Crippen molar-refractivity contribution in [3.63, 3.8) is 0 Å². The minimum atomic E-state index is -0.730. The first-order valence-corrected chi connectivity index (χ1v) is 10.2. The summed E-state index contributed by atoms with van der Waals surface area (Å²) < 4.78 is 10.9. The number of hydrogen-bond donors (Lipinski definition) is 0. The maximum Gasteiger partial charge on any atom is 0.410 e. The Hall–Kier alpha value is -2.30. The molecule has 162 valence electrons. The van der Waals surface area contributed by atoms with Gasteiger partial charge >= 0.3 is 12.1 Å². The zero-order valence-electron chi connectivity index (χ0n) is 18.4. The smallest absolute Gasteiger partial charge is 0.410 e. The number of esters is 1. The van der Waals surface area contributed by atoms with Crippen LogP contribution in [0.3, 0.4) is 0 Å². The van der Waals surface area contributed by atoms with Gasteiger partial charge < -0.3 is 14.4 Å². The van der Waals surface area contributed by atoms with E-state index in [0.717, 1.165) is 6.42 Å².